The van der Waals surface area contributed by atoms with Gasteiger partial charge in [0.25, 0.3) is 0 Å². The van der Waals surface area contributed by atoms with E-state index in [-0.39, 0.29) is 5.41 Å². The van der Waals surface area contributed by atoms with Crippen molar-refractivity contribution >= 4 is 9.84 Å². The lowest BCUT2D eigenvalue weighted by Crippen LogP contribution is -2.14. The van der Waals surface area contributed by atoms with Gasteiger partial charge in [-0.1, -0.05) is 26.8 Å². The molecule has 23 heavy (non-hydrogen) atoms. The third-order valence-electron chi connectivity index (χ3n) is 3.99. The highest BCUT2D eigenvalue weighted by molar-refractivity contribution is 7.91. The number of aryl methyl sites for hydroxylation is 2. The molecular formula is C19H24O3S. The Morgan fingerprint density at radius 2 is 1.39 bits per heavy atom. The highest BCUT2D eigenvalue weighted by Gasteiger charge is 2.22. The van der Waals surface area contributed by atoms with Gasteiger partial charge in [0.1, 0.15) is 5.75 Å². The number of sulfone groups is 1. The van der Waals surface area contributed by atoms with Gasteiger partial charge in [0.05, 0.1) is 16.9 Å². The van der Waals surface area contributed by atoms with Gasteiger partial charge in [-0.15, -0.1) is 0 Å². The smallest absolute Gasteiger partial charge is 0.206 e. The van der Waals surface area contributed by atoms with Crippen LogP contribution in [-0.2, 0) is 15.3 Å². The number of benzene rings is 2. The van der Waals surface area contributed by atoms with Gasteiger partial charge in [-0.05, 0) is 66.3 Å². The van der Waals surface area contributed by atoms with Crippen molar-refractivity contribution in [2.75, 3.05) is 7.11 Å². The van der Waals surface area contributed by atoms with E-state index in [1.165, 1.54) is 0 Å². The SMILES string of the molecule is COc1ccc(S(=O)(=O)c2ccc(C(C)(C)C)c(C)c2)cc1C. The van der Waals surface area contributed by atoms with Crippen LogP contribution in [0.2, 0.25) is 0 Å². The third-order valence-corrected chi connectivity index (χ3v) is 5.74. The molecule has 0 radical (unpaired) electrons. The Hall–Kier alpha value is -1.81. The number of methoxy groups -OCH3 is 1. The van der Waals surface area contributed by atoms with Gasteiger partial charge >= 0.3 is 0 Å². The Morgan fingerprint density at radius 1 is 0.870 bits per heavy atom. The lowest BCUT2D eigenvalue weighted by molar-refractivity contribution is 0.411. The fourth-order valence-electron chi connectivity index (χ4n) is 2.80. The molecule has 3 nitrogen and oxygen atoms in total. The summed E-state index contributed by atoms with van der Waals surface area (Å²) < 4.78 is 30.9. The van der Waals surface area contributed by atoms with E-state index < -0.39 is 9.84 Å². The van der Waals surface area contributed by atoms with Crippen molar-refractivity contribution in [3.05, 3.63) is 53.1 Å². The van der Waals surface area contributed by atoms with Crippen LogP contribution in [0.3, 0.4) is 0 Å². The molecule has 0 saturated heterocycles. The van der Waals surface area contributed by atoms with Gasteiger partial charge in [-0.25, -0.2) is 8.42 Å². The summed E-state index contributed by atoms with van der Waals surface area (Å²) in [5, 5.41) is 0. The van der Waals surface area contributed by atoms with Crippen LogP contribution in [0, 0.1) is 13.8 Å². The Balaban J connectivity index is 2.52. The molecule has 0 N–H and O–H groups in total. The molecule has 0 spiro atoms. The first-order valence-electron chi connectivity index (χ1n) is 7.58. The minimum Gasteiger partial charge on any atom is -0.496 e. The summed E-state index contributed by atoms with van der Waals surface area (Å²) in [6, 6.07) is 10.3. The first-order valence-corrected chi connectivity index (χ1v) is 9.06. The topological polar surface area (TPSA) is 43.4 Å². The molecule has 0 aliphatic carbocycles. The Kier molecular flexibility index (Phi) is 4.58. The molecule has 0 heterocycles. The number of hydrogen-bond acceptors (Lipinski definition) is 3. The maximum Gasteiger partial charge on any atom is 0.206 e. The second kappa shape index (κ2) is 6.00. The second-order valence-electron chi connectivity index (χ2n) is 6.86. The van der Waals surface area contributed by atoms with Crippen LogP contribution in [0.25, 0.3) is 0 Å². The lowest BCUT2D eigenvalue weighted by atomic mass is 9.84. The van der Waals surface area contributed by atoms with Crippen molar-refractivity contribution in [3.8, 4) is 5.75 Å². The van der Waals surface area contributed by atoms with Gasteiger partial charge in [-0.2, -0.15) is 0 Å². The Bertz CT molecular complexity index is 828. The fraction of sp³-hybridized carbons (Fsp3) is 0.368. The second-order valence-corrected chi connectivity index (χ2v) is 8.81. The van der Waals surface area contributed by atoms with E-state index in [4.69, 9.17) is 4.74 Å². The summed E-state index contributed by atoms with van der Waals surface area (Å²) >= 11 is 0. The summed E-state index contributed by atoms with van der Waals surface area (Å²) in [5.74, 6) is 0.684. The molecule has 2 aromatic rings. The molecule has 0 unspecified atom stereocenters. The maximum atomic E-state index is 12.9. The van der Waals surface area contributed by atoms with Gasteiger partial charge in [-0.3, -0.25) is 0 Å². The van der Waals surface area contributed by atoms with Crippen molar-refractivity contribution in [2.24, 2.45) is 0 Å². The van der Waals surface area contributed by atoms with Crippen LogP contribution in [0.15, 0.2) is 46.2 Å². The van der Waals surface area contributed by atoms with Crippen LogP contribution in [0.1, 0.15) is 37.5 Å². The Morgan fingerprint density at radius 3 is 1.83 bits per heavy atom. The molecule has 0 aromatic heterocycles. The highest BCUT2D eigenvalue weighted by atomic mass is 32.2. The quantitative estimate of drug-likeness (QED) is 0.834. The van der Waals surface area contributed by atoms with E-state index in [2.05, 4.69) is 20.8 Å². The average molecular weight is 332 g/mol. The van der Waals surface area contributed by atoms with Crippen LogP contribution < -0.4 is 4.74 Å². The zero-order valence-corrected chi connectivity index (χ0v) is 15.4. The summed E-state index contributed by atoms with van der Waals surface area (Å²) in [4.78, 5) is 0.617. The molecule has 0 atom stereocenters. The van der Waals surface area contributed by atoms with E-state index >= 15 is 0 Å². The fourth-order valence-corrected chi connectivity index (χ4v) is 4.23. The van der Waals surface area contributed by atoms with Gasteiger partial charge in [0.15, 0.2) is 0 Å². The molecule has 0 saturated carbocycles. The molecule has 0 amide bonds. The predicted octanol–water partition coefficient (Wildman–Crippen LogP) is 4.44. The van der Waals surface area contributed by atoms with Crippen molar-refractivity contribution in [2.45, 2.75) is 49.8 Å². The van der Waals surface area contributed by atoms with Crippen LogP contribution in [0.4, 0.5) is 0 Å². The van der Waals surface area contributed by atoms with Crippen molar-refractivity contribution in [3.63, 3.8) is 0 Å². The summed E-state index contributed by atoms with van der Waals surface area (Å²) in [5.41, 5.74) is 2.94. The average Bonchev–Trinajstić information content (AvgIpc) is 2.45. The molecular weight excluding hydrogens is 308 g/mol. The minimum atomic E-state index is -3.53. The normalized spacial score (nSPS) is 12.3. The summed E-state index contributed by atoms with van der Waals surface area (Å²) in [6.45, 7) is 10.2. The minimum absolute atomic E-state index is 0.0108. The first-order chi connectivity index (χ1) is 10.6. The van der Waals surface area contributed by atoms with E-state index in [0.29, 0.717) is 15.5 Å². The lowest BCUT2D eigenvalue weighted by Gasteiger charge is -2.22. The zero-order chi connectivity index (χ0) is 17.4. The van der Waals surface area contributed by atoms with Crippen molar-refractivity contribution in [1.82, 2.24) is 0 Å². The zero-order valence-electron chi connectivity index (χ0n) is 14.6. The number of rotatable bonds is 3. The van der Waals surface area contributed by atoms with Crippen LogP contribution in [0.5, 0.6) is 5.75 Å². The standard InChI is InChI=1S/C19H24O3S/c1-13-11-15(7-9-17(13)19(3,4)5)23(20,21)16-8-10-18(22-6)14(2)12-16/h7-12H,1-6H3. The summed E-state index contributed by atoms with van der Waals surface area (Å²) in [6.07, 6.45) is 0. The molecule has 0 aliphatic heterocycles. The molecule has 0 fully saturated rings. The Labute approximate surface area is 139 Å². The summed E-state index contributed by atoms with van der Waals surface area (Å²) in [7, 11) is -1.95. The molecule has 0 aliphatic rings. The van der Waals surface area contributed by atoms with E-state index in [9.17, 15) is 8.42 Å². The highest BCUT2D eigenvalue weighted by Crippen LogP contribution is 2.30. The third kappa shape index (κ3) is 3.42. The monoisotopic (exact) mass is 332 g/mol. The molecule has 0 bridgehead atoms. The van der Waals surface area contributed by atoms with Crippen LogP contribution >= 0.6 is 0 Å². The van der Waals surface area contributed by atoms with Gasteiger partial charge < -0.3 is 4.74 Å². The largest absolute Gasteiger partial charge is 0.496 e. The maximum absolute atomic E-state index is 12.9. The number of hydrogen-bond donors (Lipinski definition) is 0. The molecule has 2 aromatic carbocycles. The number of ether oxygens (including phenoxy) is 1. The van der Waals surface area contributed by atoms with E-state index in [1.807, 2.05) is 19.9 Å². The van der Waals surface area contributed by atoms with Crippen molar-refractivity contribution in [1.29, 1.82) is 0 Å². The van der Waals surface area contributed by atoms with Crippen molar-refractivity contribution < 1.29 is 13.2 Å². The van der Waals surface area contributed by atoms with Gasteiger partial charge in [0, 0.05) is 0 Å². The molecule has 4 heteroatoms. The van der Waals surface area contributed by atoms with E-state index in [0.717, 1.165) is 16.7 Å². The predicted molar refractivity (Wildman–Crippen MR) is 93.1 cm³/mol. The van der Waals surface area contributed by atoms with Crippen LogP contribution in [-0.4, -0.2) is 15.5 Å². The first kappa shape index (κ1) is 17.5. The van der Waals surface area contributed by atoms with E-state index in [1.54, 1.807) is 37.4 Å². The molecule has 124 valence electrons. The molecule has 2 rings (SSSR count). The van der Waals surface area contributed by atoms with Gasteiger partial charge in [0.2, 0.25) is 9.84 Å².